The predicted molar refractivity (Wildman–Crippen MR) is 119 cm³/mol. The highest BCUT2D eigenvalue weighted by Gasteiger charge is 2.09. The van der Waals surface area contributed by atoms with Crippen molar-refractivity contribution in [2.24, 2.45) is 4.99 Å². The fraction of sp³-hybridized carbons (Fsp3) is 0.130. The van der Waals surface area contributed by atoms with E-state index in [4.69, 9.17) is 9.47 Å². The van der Waals surface area contributed by atoms with Crippen LogP contribution < -0.4 is 14.8 Å². The van der Waals surface area contributed by atoms with Gasteiger partial charge in [-0.15, -0.1) is 0 Å². The molecule has 0 aliphatic carbocycles. The second-order valence-corrected chi connectivity index (χ2v) is 6.64. The van der Waals surface area contributed by atoms with Crippen LogP contribution in [-0.2, 0) is 4.79 Å². The van der Waals surface area contributed by atoms with Crippen molar-refractivity contribution in [2.75, 3.05) is 19.0 Å². The highest BCUT2D eigenvalue weighted by Crippen LogP contribution is 2.28. The normalized spacial score (nSPS) is 10.6. The van der Waals surface area contributed by atoms with E-state index in [1.54, 1.807) is 36.5 Å². The van der Waals surface area contributed by atoms with Gasteiger partial charge in [0.2, 0.25) is 0 Å². The van der Waals surface area contributed by atoms with Gasteiger partial charge >= 0.3 is 0 Å². The predicted octanol–water partition coefficient (Wildman–Crippen LogP) is 4.68. The van der Waals surface area contributed by atoms with Gasteiger partial charge in [0, 0.05) is 24.0 Å². The van der Waals surface area contributed by atoms with Gasteiger partial charge in [0.1, 0.15) is 0 Å². The Balaban J connectivity index is 1.61. The van der Waals surface area contributed by atoms with Crippen molar-refractivity contribution in [1.82, 2.24) is 0 Å². The Kier molecular flexibility index (Phi) is 6.95. The summed E-state index contributed by atoms with van der Waals surface area (Å²) in [5.74, 6) is 0.597. The molecule has 0 atom stereocenters. The first-order valence-corrected chi connectivity index (χ1v) is 9.40. The molecule has 8 nitrogen and oxygen atoms in total. The zero-order valence-electron chi connectivity index (χ0n) is 17.1. The maximum Gasteiger partial charge on any atom is 0.269 e. The minimum Gasteiger partial charge on any atom is -0.493 e. The number of anilines is 1. The number of amides is 1. The number of hydrogen-bond acceptors (Lipinski definition) is 6. The van der Waals surface area contributed by atoms with Crippen molar-refractivity contribution < 1.29 is 19.2 Å². The molecule has 31 heavy (non-hydrogen) atoms. The van der Waals surface area contributed by atoms with E-state index in [0.29, 0.717) is 22.9 Å². The molecule has 0 bridgehead atoms. The zero-order chi connectivity index (χ0) is 22.2. The third-order valence-electron chi connectivity index (χ3n) is 4.30. The number of ether oxygens (including phenoxy) is 2. The van der Waals surface area contributed by atoms with E-state index in [2.05, 4.69) is 10.3 Å². The van der Waals surface area contributed by atoms with Gasteiger partial charge in [-0.05, 0) is 55.0 Å². The number of rotatable bonds is 8. The van der Waals surface area contributed by atoms with Gasteiger partial charge in [-0.2, -0.15) is 0 Å². The van der Waals surface area contributed by atoms with Gasteiger partial charge in [0.25, 0.3) is 11.6 Å². The van der Waals surface area contributed by atoms with E-state index in [-0.39, 0.29) is 18.2 Å². The third kappa shape index (κ3) is 6.14. The van der Waals surface area contributed by atoms with Crippen LogP contribution in [0.4, 0.5) is 17.1 Å². The molecule has 0 radical (unpaired) electrons. The van der Waals surface area contributed by atoms with E-state index in [9.17, 15) is 14.9 Å². The SMILES string of the molecule is COc1cc(C=Nc2ccc([N+](=O)[O-])cc2)ccc1OCC(=O)Nc1ccc(C)cc1. The van der Waals surface area contributed by atoms with Crippen LogP contribution in [0.3, 0.4) is 0 Å². The number of non-ortho nitro benzene ring substituents is 1. The molecule has 158 valence electrons. The van der Waals surface area contributed by atoms with E-state index < -0.39 is 4.92 Å². The largest absolute Gasteiger partial charge is 0.493 e. The molecule has 1 amide bonds. The first-order chi connectivity index (χ1) is 14.9. The molecule has 0 aliphatic heterocycles. The van der Waals surface area contributed by atoms with E-state index in [1.807, 2.05) is 31.2 Å². The minimum absolute atomic E-state index is 0.00790. The van der Waals surface area contributed by atoms with Crippen molar-refractivity contribution >= 4 is 29.2 Å². The molecule has 0 unspecified atom stereocenters. The number of carbonyl (C=O) groups excluding carboxylic acids is 1. The van der Waals surface area contributed by atoms with Gasteiger partial charge in [-0.3, -0.25) is 19.9 Å². The molecule has 0 saturated heterocycles. The summed E-state index contributed by atoms with van der Waals surface area (Å²) in [5.41, 5.74) is 3.14. The molecule has 0 fully saturated rings. The van der Waals surface area contributed by atoms with Gasteiger partial charge in [-0.25, -0.2) is 0 Å². The van der Waals surface area contributed by atoms with Crippen LogP contribution in [0.1, 0.15) is 11.1 Å². The summed E-state index contributed by atoms with van der Waals surface area (Å²) in [7, 11) is 1.51. The second kappa shape index (κ2) is 10.0. The molecule has 0 saturated carbocycles. The van der Waals surface area contributed by atoms with Gasteiger partial charge in [0.15, 0.2) is 18.1 Å². The molecule has 0 aromatic heterocycles. The number of methoxy groups -OCH3 is 1. The number of aliphatic imine (C=N–C) groups is 1. The number of nitrogens with zero attached hydrogens (tertiary/aromatic N) is 2. The lowest BCUT2D eigenvalue weighted by Crippen LogP contribution is -2.20. The highest BCUT2D eigenvalue weighted by molar-refractivity contribution is 5.92. The molecule has 0 aliphatic rings. The van der Waals surface area contributed by atoms with Crippen LogP contribution in [0.2, 0.25) is 0 Å². The number of nitro groups is 1. The Morgan fingerprint density at radius 1 is 1.06 bits per heavy atom. The second-order valence-electron chi connectivity index (χ2n) is 6.64. The first-order valence-electron chi connectivity index (χ1n) is 9.40. The summed E-state index contributed by atoms with van der Waals surface area (Å²) in [4.78, 5) is 26.7. The van der Waals surface area contributed by atoms with Crippen molar-refractivity contribution in [1.29, 1.82) is 0 Å². The molecule has 3 rings (SSSR count). The maximum absolute atomic E-state index is 12.1. The monoisotopic (exact) mass is 419 g/mol. The fourth-order valence-electron chi connectivity index (χ4n) is 2.67. The average Bonchev–Trinajstić information content (AvgIpc) is 2.78. The Bertz CT molecular complexity index is 1090. The number of aryl methyl sites for hydroxylation is 1. The van der Waals surface area contributed by atoms with Crippen LogP contribution >= 0.6 is 0 Å². The molecule has 3 aromatic carbocycles. The number of benzene rings is 3. The Morgan fingerprint density at radius 3 is 2.42 bits per heavy atom. The van der Waals surface area contributed by atoms with Gasteiger partial charge < -0.3 is 14.8 Å². The fourth-order valence-corrected chi connectivity index (χ4v) is 2.67. The molecule has 0 heterocycles. The summed E-state index contributed by atoms with van der Waals surface area (Å²) in [6, 6.07) is 18.6. The van der Waals surface area contributed by atoms with Gasteiger partial charge in [-0.1, -0.05) is 17.7 Å². The lowest BCUT2D eigenvalue weighted by molar-refractivity contribution is -0.384. The van der Waals surface area contributed by atoms with Crippen LogP contribution in [0.5, 0.6) is 11.5 Å². The Morgan fingerprint density at radius 2 is 1.77 bits per heavy atom. The minimum atomic E-state index is -0.460. The summed E-state index contributed by atoms with van der Waals surface area (Å²) in [5, 5.41) is 13.5. The summed E-state index contributed by atoms with van der Waals surface area (Å²) < 4.78 is 10.9. The molecule has 3 aromatic rings. The number of nitro benzene ring substituents is 1. The molecular formula is C23H21N3O5. The van der Waals surface area contributed by atoms with E-state index in [1.165, 1.54) is 19.2 Å². The average molecular weight is 419 g/mol. The summed E-state index contributed by atoms with van der Waals surface area (Å²) >= 11 is 0. The number of carbonyl (C=O) groups is 1. The standard InChI is InChI=1S/C23H21N3O5/c1-16-3-6-19(7-4-16)25-23(27)15-31-21-12-5-17(13-22(21)30-2)14-24-18-8-10-20(11-9-18)26(28)29/h3-14H,15H2,1-2H3,(H,25,27). The first kappa shape index (κ1) is 21.5. The summed E-state index contributed by atoms with van der Waals surface area (Å²) in [6.07, 6.45) is 1.61. The van der Waals surface area contributed by atoms with Crippen molar-refractivity contribution in [3.63, 3.8) is 0 Å². The summed E-state index contributed by atoms with van der Waals surface area (Å²) in [6.45, 7) is 1.81. The maximum atomic E-state index is 12.1. The highest BCUT2D eigenvalue weighted by atomic mass is 16.6. The molecular weight excluding hydrogens is 398 g/mol. The molecule has 1 N–H and O–H groups in total. The molecule has 0 spiro atoms. The lowest BCUT2D eigenvalue weighted by atomic mass is 10.2. The lowest BCUT2D eigenvalue weighted by Gasteiger charge is -2.11. The van der Waals surface area contributed by atoms with E-state index >= 15 is 0 Å². The molecule has 8 heteroatoms. The van der Waals surface area contributed by atoms with Crippen molar-refractivity contribution in [3.8, 4) is 11.5 Å². The third-order valence-corrected chi connectivity index (χ3v) is 4.30. The number of hydrogen-bond donors (Lipinski definition) is 1. The van der Waals surface area contributed by atoms with Crippen molar-refractivity contribution in [2.45, 2.75) is 6.92 Å². The number of nitrogens with one attached hydrogen (secondary N) is 1. The quantitative estimate of drug-likeness (QED) is 0.324. The van der Waals surface area contributed by atoms with Gasteiger partial charge in [0.05, 0.1) is 17.7 Å². The van der Waals surface area contributed by atoms with Crippen LogP contribution in [0.15, 0.2) is 71.7 Å². The Hall–Kier alpha value is -4.20. The van der Waals surface area contributed by atoms with E-state index in [0.717, 1.165) is 11.1 Å². The van der Waals surface area contributed by atoms with Crippen LogP contribution in [-0.4, -0.2) is 30.8 Å². The zero-order valence-corrected chi connectivity index (χ0v) is 17.1. The topological polar surface area (TPSA) is 103 Å². The van der Waals surface area contributed by atoms with Crippen molar-refractivity contribution in [3.05, 3.63) is 88.0 Å². The Labute approximate surface area is 179 Å². The van der Waals surface area contributed by atoms with Crippen LogP contribution in [0.25, 0.3) is 0 Å². The smallest absolute Gasteiger partial charge is 0.269 e. The van der Waals surface area contributed by atoms with Crippen LogP contribution in [0, 0.1) is 17.0 Å².